The van der Waals surface area contributed by atoms with Gasteiger partial charge in [-0.25, -0.2) is 16.8 Å². The van der Waals surface area contributed by atoms with Crippen LogP contribution in [-0.2, 0) is 26.4 Å². The molecule has 0 amide bonds. The van der Waals surface area contributed by atoms with Crippen molar-refractivity contribution >= 4 is 31.2 Å². The summed E-state index contributed by atoms with van der Waals surface area (Å²) < 4.78 is 52.7. The molecule has 1 aliphatic heterocycles. The smallest absolute Gasteiger partial charge is 0.243 e. The second-order valence-corrected chi connectivity index (χ2v) is 11.2. The molecule has 3 N–H and O–H groups in total. The van der Waals surface area contributed by atoms with Crippen molar-refractivity contribution in [1.29, 1.82) is 0 Å². The molecule has 0 radical (unpaired) electrons. The van der Waals surface area contributed by atoms with Crippen LogP contribution in [0.25, 0.3) is 0 Å². The molecule has 0 aliphatic carbocycles. The SMILES string of the molecule is NCc1ccc(S(=O)(=O)c2cccc(S(=O)(=O)N3CCC[C@H]3CO)c2)s1. The largest absolute Gasteiger partial charge is 0.395 e. The van der Waals surface area contributed by atoms with Gasteiger partial charge in [0.2, 0.25) is 19.9 Å². The number of nitrogens with two attached hydrogens (primary N) is 1. The average Bonchev–Trinajstić information content (AvgIpc) is 3.31. The van der Waals surface area contributed by atoms with Crippen molar-refractivity contribution in [2.24, 2.45) is 5.73 Å². The highest BCUT2D eigenvalue weighted by molar-refractivity contribution is 7.93. The first-order valence-corrected chi connectivity index (χ1v) is 11.8. The van der Waals surface area contributed by atoms with Crippen LogP contribution in [0, 0.1) is 0 Å². The van der Waals surface area contributed by atoms with Crippen LogP contribution in [0.1, 0.15) is 17.7 Å². The quantitative estimate of drug-likeness (QED) is 0.730. The number of rotatable bonds is 6. The average molecular weight is 417 g/mol. The van der Waals surface area contributed by atoms with Crippen molar-refractivity contribution in [2.75, 3.05) is 13.2 Å². The minimum absolute atomic E-state index is 0.0799. The zero-order valence-electron chi connectivity index (χ0n) is 13.9. The molecule has 0 unspecified atom stereocenters. The monoisotopic (exact) mass is 416 g/mol. The van der Waals surface area contributed by atoms with Gasteiger partial charge in [-0.2, -0.15) is 4.31 Å². The van der Waals surface area contributed by atoms with Crippen LogP contribution in [0.15, 0.2) is 50.4 Å². The van der Waals surface area contributed by atoms with Crippen molar-refractivity contribution in [3.8, 4) is 0 Å². The Morgan fingerprint density at radius 2 is 1.88 bits per heavy atom. The van der Waals surface area contributed by atoms with E-state index in [1.807, 2.05) is 0 Å². The lowest BCUT2D eigenvalue weighted by Crippen LogP contribution is -2.37. The second kappa shape index (κ2) is 7.37. The molecule has 2 aromatic rings. The van der Waals surface area contributed by atoms with E-state index in [0.29, 0.717) is 19.4 Å². The van der Waals surface area contributed by atoms with Crippen LogP contribution in [0.5, 0.6) is 0 Å². The fraction of sp³-hybridized carbons (Fsp3) is 0.375. The Bertz CT molecular complexity index is 998. The number of aliphatic hydroxyl groups excluding tert-OH is 1. The number of thiophene rings is 1. The van der Waals surface area contributed by atoms with Gasteiger partial charge in [0, 0.05) is 24.0 Å². The van der Waals surface area contributed by atoms with Gasteiger partial charge in [-0.3, -0.25) is 0 Å². The molecule has 1 saturated heterocycles. The molecule has 142 valence electrons. The van der Waals surface area contributed by atoms with E-state index in [1.165, 1.54) is 34.6 Å². The molecule has 1 aromatic heterocycles. The summed E-state index contributed by atoms with van der Waals surface area (Å²) in [5.41, 5.74) is 5.53. The normalized spacial score (nSPS) is 19.1. The number of sulfonamides is 1. The van der Waals surface area contributed by atoms with Crippen LogP contribution >= 0.6 is 11.3 Å². The maximum atomic E-state index is 12.9. The number of hydrogen-bond donors (Lipinski definition) is 2. The van der Waals surface area contributed by atoms with E-state index in [0.717, 1.165) is 16.2 Å². The van der Waals surface area contributed by atoms with Crippen LogP contribution in [0.3, 0.4) is 0 Å². The van der Waals surface area contributed by atoms with Crippen molar-refractivity contribution in [2.45, 2.75) is 39.4 Å². The molecule has 0 bridgehead atoms. The topological polar surface area (TPSA) is 118 Å². The third kappa shape index (κ3) is 3.45. The Balaban J connectivity index is 2.00. The molecule has 0 saturated carbocycles. The van der Waals surface area contributed by atoms with Crippen LogP contribution in [0.2, 0.25) is 0 Å². The van der Waals surface area contributed by atoms with Gasteiger partial charge in [0.25, 0.3) is 0 Å². The Hall–Kier alpha value is -1.30. The summed E-state index contributed by atoms with van der Waals surface area (Å²) in [6.45, 7) is 0.301. The molecule has 1 aliphatic rings. The van der Waals surface area contributed by atoms with E-state index in [-0.39, 0.29) is 27.2 Å². The van der Waals surface area contributed by atoms with Crippen molar-refractivity contribution in [3.63, 3.8) is 0 Å². The molecular formula is C16H20N2O5S3. The second-order valence-electron chi connectivity index (χ2n) is 6.00. The van der Waals surface area contributed by atoms with E-state index < -0.39 is 25.9 Å². The number of benzene rings is 1. The summed E-state index contributed by atoms with van der Waals surface area (Å²) in [7, 11) is -7.70. The van der Waals surface area contributed by atoms with Crippen molar-refractivity contribution < 1.29 is 21.9 Å². The highest BCUT2D eigenvalue weighted by atomic mass is 32.2. The summed E-state index contributed by atoms with van der Waals surface area (Å²) in [4.78, 5) is 0.563. The van der Waals surface area contributed by atoms with E-state index in [2.05, 4.69) is 0 Å². The maximum Gasteiger partial charge on any atom is 0.243 e. The zero-order valence-corrected chi connectivity index (χ0v) is 16.4. The summed E-state index contributed by atoms with van der Waals surface area (Å²) in [6.07, 6.45) is 1.25. The summed E-state index contributed by atoms with van der Waals surface area (Å²) >= 11 is 1.07. The molecule has 3 rings (SSSR count). The van der Waals surface area contributed by atoms with Crippen LogP contribution in [-0.4, -0.2) is 45.4 Å². The third-order valence-corrected chi connectivity index (χ3v) is 9.66. The lowest BCUT2D eigenvalue weighted by atomic mass is 10.2. The van der Waals surface area contributed by atoms with Gasteiger partial charge in [-0.15, -0.1) is 11.3 Å². The Morgan fingerprint density at radius 1 is 1.15 bits per heavy atom. The first kappa shape index (κ1) is 19.5. The van der Waals surface area contributed by atoms with Gasteiger partial charge in [0.1, 0.15) is 4.21 Å². The molecule has 26 heavy (non-hydrogen) atoms. The van der Waals surface area contributed by atoms with E-state index in [1.54, 1.807) is 6.07 Å². The van der Waals surface area contributed by atoms with Crippen LogP contribution in [0.4, 0.5) is 0 Å². The summed E-state index contributed by atoms with van der Waals surface area (Å²) in [6, 6.07) is 8.01. The van der Waals surface area contributed by atoms with E-state index >= 15 is 0 Å². The van der Waals surface area contributed by atoms with Gasteiger partial charge >= 0.3 is 0 Å². The molecule has 0 spiro atoms. The van der Waals surface area contributed by atoms with Gasteiger partial charge in [0.05, 0.1) is 16.4 Å². The summed E-state index contributed by atoms with van der Waals surface area (Å²) in [5.74, 6) is 0. The predicted molar refractivity (Wildman–Crippen MR) is 98.1 cm³/mol. The summed E-state index contributed by atoms with van der Waals surface area (Å²) in [5, 5.41) is 9.39. The molecule has 2 heterocycles. The molecule has 10 heteroatoms. The predicted octanol–water partition coefficient (Wildman–Crippen LogP) is 1.18. The fourth-order valence-electron chi connectivity index (χ4n) is 2.97. The first-order valence-electron chi connectivity index (χ1n) is 8.07. The Morgan fingerprint density at radius 3 is 2.54 bits per heavy atom. The zero-order chi connectivity index (χ0) is 18.9. The van der Waals surface area contributed by atoms with Crippen LogP contribution < -0.4 is 5.73 Å². The number of sulfone groups is 1. The molecule has 1 atom stereocenters. The highest BCUT2D eigenvalue weighted by Gasteiger charge is 2.35. The molecule has 7 nitrogen and oxygen atoms in total. The van der Waals surface area contributed by atoms with Crippen molar-refractivity contribution in [1.82, 2.24) is 4.31 Å². The number of nitrogens with zero attached hydrogens (tertiary/aromatic N) is 1. The molecular weight excluding hydrogens is 396 g/mol. The fourth-order valence-corrected chi connectivity index (χ4v) is 7.46. The van der Waals surface area contributed by atoms with Gasteiger partial charge < -0.3 is 10.8 Å². The first-order chi connectivity index (χ1) is 12.3. The highest BCUT2D eigenvalue weighted by Crippen LogP contribution is 2.31. The van der Waals surface area contributed by atoms with Gasteiger partial charge in [-0.05, 0) is 43.2 Å². The number of aliphatic hydroxyl groups is 1. The Kier molecular flexibility index (Phi) is 5.52. The minimum atomic E-state index is -3.87. The van der Waals surface area contributed by atoms with Gasteiger partial charge in [-0.1, -0.05) is 6.07 Å². The van der Waals surface area contributed by atoms with Gasteiger partial charge in [0.15, 0.2) is 0 Å². The lowest BCUT2D eigenvalue weighted by molar-refractivity contribution is 0.213. The third-order valence-electron chi connectivity index (χ3n) is 4.36. The minimum Gasteiger partial charge on any atom is -0.395 e. The molecule has 1 fully saturated rings. The maximum absolute atomic E-state index is 12.9. The van der Waals surface area contributed by atoms with Crippen molar-refractivity contribution in [3.05, 3.63) is 41.3 Å². The van der Waals surface area contributed by atoms with E-state index in [9.17, 15) is 21.9 Å². The van der Waals surface area contributed by atoms with E-state index in [4.69, 9.17) is 5.73 Å². The lowest BCUT2D eigenvalue weighted by Gasteiger charge is -2.22. The molecule has 1 aromatic carbocycles. The Labute approximate surface area is 157 Å². The number of hydrogen-bond acceptors (Lipinski definition) is 7. The standard InChI is InChI=1S/C16H20N2O5S3/c17-10-13-6-7-16(24-13)25(20,21)14-4-1-5-15(9-14)26(22,23)18-8-2-3-12(18)11-19/h1,4-7,9,12,19H,2-3,8,10-11,17H2/t12-/m0/s1.